The van der Waals surface area contributed by atoms with Gasteiger partial charge in [-0.15, -0.1) is 0 Å². The van der Waals surface area contributed by atoms with Crippen LogP contribution in [0.1, 0.15) is 12.5 Å². The molecular weight excluding hydrogens is 333 g/mol. The van der Waals surface area contributed by atoms with Crippen molar-refractivity contribution >= 4 is 27.5 Å². The predicted octanol–water partition coefficient (Wildman–Crippen LogP) is 1.89. The molecule has 1 atom stereocenters. The number of nitrogens with one attached hydrogen (secondary N) is 2. The number of sulfonamides is 1. The van der Waals surface area contributed by atoms with Crippen molar-refractivity contribution < 1.29 is 17.6 Å². The Labute approximate surface area is 138 Å². The second-order valence-electron chi connectivity index (χ2n) is 5.25. The molecule has 0 spiro atoms. The van der Waals surface area contributed by atoms with Gasteiger partial charge in [-0.2, -0.15) is 0 Å². The lowest BCUT2D eigenvalue weighted by atomic mass is 10.2. The number of amidine groups is 1. The van der Waals surface area contributed by atoms with Gasteiger partial charge in [-0.05, 0) is 43.3 Å². The van der Waals surface area contributed by atoms with Crippen LogP contribution in [-0.2, 0) is 14.8 Å². The largest absolute Gasteiger partial charge is 0.324 e. The Morgan fingerprint density at radius 3 is 2.54 bits per heavy atom. The van der Waals surface area contributed by atoms with E-state index in [0.717, 1.165) is 0 Å². The maximum Gasteiger partial charge on any atom is 0.263 e. The number of amides is 1. The van der Waals surface area contributed by atoms with Crippen LogP contribution in [0.5, 0.6) is 0 Å². The van der Waals surface area contributed by atoms with E-state index in [1.807, 2.05) is 0 Å². The average Bonchev–Trinajstić information content (AvgIpc) is 2.81. The van der Waals surface area contributed by atoms with Crippen LogP contribution in [0.3, 0.4) is 0 Å². The van der Waals surface area contributed by atoms with Gasteiger partial charge >= 0.3 is 0 Å². The number of hydrogen-bond acceptors (Lipinski definition) is 4. The van der Waals surface area contributed by atoms with E-state index in [4.69, 9.17) is 0 Å². The van der Waals surface area contributed by atoms with Gasteiger partial charge in [-0.1, -0.05) is 12.1 Å². The van der Waals surface area contributed by atoms with E-state index in [-0.39, 0.29) is 10.7 Å². The topological polar surface area (TPSA) is 87.6 Å². The van der Waals surface area contributed by atoms with Crippen molar-refractivity contribution in [3.63, 3.8) is 0 Å². The Hall–Kier alpha value is -2.74. The van der Waals surface area contributed by atoms with Gasteiger partial charge in [-0.25, -0.2) is 12.8 Å². The highest BCUT2D eigenvalue weighted by atomic mass is 32.2. The molecule has 0 saturated heterocycles. The highest BCUT2D eigenvalue weighted by molar-refractivity contribution is 7.90. The van der Waals surface area contributed by atoms with Crippen molar-refractivity contribution in [2.75, 3.05) is 5.32 Å². The van der Waals surface area contributed by atoms with Gasteiger partial charge in [0.1, 0.15) is 17.7 Å². The van der Waals surface area contributed by atoms with Crippen LogP contribution < -0.4 is 10.0 Å². The molecule has 3 rings (SSSR count). The molecule has 1 amide bonds. The first kappa shape index (κ1) is 16.1. The number of fused-ring (bicyclic) bond motifs is 1. The summed E-state index contributed by atoms with van der Waals surface area (Å²) >= 11 is 0. The van der Waals surface area contributed by atoms with Crippen LogP contribution in [0, 0.1) is 5.82 Å². The molecule has 1 aliphatic heterocycles. The van der Waals surface area contributed by atoms with Gasteiger partial charge in [0.05, 0.1) is 4.90 Å². The molecule has 0 aliphatic carbocycles. The molecule has 0 aromatic heterocycles. The number of anilines is 1. The molecule has 6 nitrogen and oxygen atoms in total. The summed E-state index contributed by atoms with van der Waals surface area (Å²) in [6, 6.07) is 10.9. The fourth-order valence-electron chi connectivity index (χ4n) is 2.26. The summed E-state index contributed by atoms with van der Waals surface area (Å²) in [5.74, 6) is -0.705. The fraction of sp³-hybridized carbons (Fsp3) is 0.125. The Morgan fingerprint density at radius 1 is 1.17 bits per heavy atom. The van der Waals surface area contributed by atoms with Crippen molar-refractivity contribution in [1.29, 1.82) is 0 Å². The highest BCUT2D eigenvalue weighted by Crippen LogP contribution is 2.22. The summed E-state index contributed by atoms with van der Waals surface area (Å²) in [5.41, 5.74) is 0.861. The molecule has 0 radical (unpaired) electrons. The van der Waals surface area contributed by atoms with Gasteiger partial charge in [0.25, 0.3) is 10.0 Å². The fourth-order valence-corrected chi connectivity index (χ4v) is 3.50. The molecule has 24 heavy (non-hydrogen) atoms. The number of hydrogen-bond donors (Lipinski definition) is 2. The van der Waals surface area contributed by atoms with E-state index in [2.05, 4.69) is 15.0 Å². The number of rotatable bonds is 3. The first-order chi connectivity index (χ1) is 11.4. The third-order valence-electron chi connectivity index (χ3n) is 3.48. The molecular formula is C16H14FN3O3S. The van der Waals surface area contributed by atoms with Gasteiger partial charge in [-0.3, -0.25) is 14.5 Å². The first-order valence-electron chi connectivity index (χ1n) is 7.13. The maximum atomic E-state index is 12.9. The zero-order valence-electron chi connectivity index (χ0n) is 12.7. The molecule has 0 saturated carbocycles. The van der Waals surface area contributed by atoms with Crippen LogP contribution in [0.25, 0.3) is 0 Å². The first-order valence-corrected chi connectivity index (χ1v) is 8.61. The molecule has 2 aromatic rings. The summed E-state index contributed by atoms with van der Waals surface area (Å²) < 4.78 is 39.2. The number of aliphatic imine (C=N–C) groups is 1. The molecule has 0 fully saturated rings. The minimum Gasteiger partial charge on any atom is -0.324 e. The maximum absolute atomic E-state index is 12.9. The molecule has 0 unspecified atom stereocenters. The lowest BCUT2D eigenvalue weighted by Crippen LogP contribution is -2.28. The molecule has 124 valence electrons. The molecule has 2 aromatic carbocycles. The summed E-state index contributed by atoms with van der Waals surface area (Å²) in [7, 11) is -3.64. The van der Waals surface area contributed by atoms with Crippen molar-refractivity contribution in [1.82, 2.24) is 4.72 Å². The lowest BCUT2D eigenvalue weighted by molar-refractivity contribution is -0.117. The normalized spacial score (nSPS) is 17.8. The lowest BCUT2D eigenvalue weighted by Gasteiger charge is -2.09. The van der Waals surface area contributed by atoms with Crippen molar-refractivity contribution in [2.45, 2.75) is 17.9 Å². The minimum atomic E-state index is -3.64. The standard InChI is InChI=1S/C16H14FN3O3S/c1-10(16(21)19-12-8-6-11(17)7-9-12)18-15-13-4-2-3-5-14(13)24(22,23)20-15/h2-10H,1H3,(H,18,20)(H,19,21)/t10-/m0/s1. The Kier molecular flexibility index (Phi) is 4.06. The van der Waals surface area contributed by atoms with Gasteiger partial charge < -0.3 is 5.32 Å². The summed E-state index contributed by atoms with van der Waals surface area (Å²) in [5, 5.41) is 2.60. The molecule has 1 heterocycles. The molecule has 8 heteroatoms. The van der Waals surface area contributed by atoms with Crippen LogP contribution >= 0.6 is 0 Å². The van der Waals surface area contributed by atoms with Gasteiger partial charge in [0.2, 0.25) is 5.91 Å². The quantitative estimate of drug-likeness (QED) is 0.889. The monoisotopic (exact) mass is 347 g/mol. The second kappa shape index (κ2) is 6.04. The predicted molar refractivity (Wildman–Crippen MR) is 87.8 cm³/mol. The zero-order valence-corrected chi connectivity index (χ0v) is 13.5. The van der Waals surface area contributed by atoms with Gasteiger partial charge in [0.15, 0.2) is 0 Å². The van der Waals surface area contributed by atoms with Crippen molar-refractivity contribution in [2.24, 2.45) is 4.99 Å². The number of carbonyl (C=O) groups is 1. The zero-order chi connectivity index (χ0) is 17.3. The smallest absolute Gasteiger partial charge is 0.263 e. The minimum absolute atomic E-state index is 0.132. The van der Waals surface area contributed by atoms with Gasteiger partial charge in [0, 0.05) is 11.3 Å². The van der Waals surface area contributed by atoms with E-state index in [1.54, 1.807) is 25.1 Å². The van der Waals surface area contributed by atoms with Crippen LogP contribution in [0.4, 0.5) is 10.1 Å². The number of nitrogens with zero attached hydrogens (tertiary/aromatic N) is 1. The highest BCUT2D eigenvalue weighted by Gasteiger charge is 2.31. The summed E-state index contributed by atoms with van der Waals surface area (Å²) in [6.45, 7) is 1.54. The average molecular weight is 347 g/mol. The third kappa shape index (κ3) is 3.13. The number of benzene rings is 2. The molecule has 2 N–H and O–H groups in total. The van der Waals surface area contributed by atoms with Crippen LogP contribution in [-0.4, -0.2) is 26.2 Å². The van der Waals surface area contributed by atoms with E-state index >= 15 is 0 Å². The summed E-state index contributed by atoms with van der Waals surface area (Å²) in [6.07, 6.45) is 0. The number of halogens is 1. The van der Waals surface area contributed by atoms with Crippen LogP contribution in [0.2, 0.25) is 0 Å². The van der Waals surface area contributed by atoms with Crippen LogP contribution in [0.15, 0.2) is 58.4 Å². The van der Waals surface area contributed by atoms with Crippen molar-refractivity contribution in [3.05, 3.63) is 59.9 Å². The van der Waals surface area contributed by atoms with Crippen molar-refractivity contribution in [3.8, 4) is 0 Å². The SMILES string of the molecule is C[C@H](N=C1NS(=O)(=O)c2ccccc21)C(=O)Nc1ccc(F)cc1. The molecule has 1 aliphatic rings. The Bertz CT molecular complexity index is 924. The number of carbonyl (C=O) groups excluding carboxylic acids is 1. The third-order valence-corrected chi connectivity index (χ3v) is 4.87. The summed E-state index contributed by atoms with van der Waals surface area (Å²) in [4.78, 5) is 16.5. The van der Waals surface area contributed by atoms with E-state index < -0.39 is 27.8 Å². The molecule has 0 bridgehead atoms. The van der Waals surface area contributed by atoms with E-state index in [1.165, 1.54) is 30.3 Å². The Balaban J connectivity index is 1.81. The van der Waals surface area contributed by atoms with E-state index in [9.17, 15) is 17.6 Å². The van der Waals surface area contributed by atoms with E-state index in [0.29, 0.717) is 11.3 Å². The second-order valence-corrected chi connectivity index (χ2v) is 6.90. The Morgan fingerprint density at radius 2 is 1.83 bits per heavy atom.